The lowest BCUT2D eigenvalue weighted by molar-refractivity contribution is 0.204. The van der Waals surface area contributed by atoms with Crippen molar-refractivity contribution >= 4 is 10.0 Å². The van der Waals surface area contributed by atoms with E-state index >= 15 is 0 Å². The number of ether oxygens (including phenoxy) is 1. The summed E-state index contributed by atoms with van der Waals surface area (Å²) in [5, 5.41) is 9.10. The SMILES string of the molecule is N#Cc1ccccc1S(=O)(=O)N1CCC(Oc2cccc(F)n2)C1. The van der Waals surface area contributed by atoms with E-state index in [0.717, 1.165) is 0 Å². The van der Waals surface area contributed by atoms with E-state index in [2.05, 4.69) is 4.98 Å². The Morgan fingerprint density at radius 1 is 1.25 bits per heavy atom. The molecule has 124 valence electrons. The highest BCUT2D eigenvalue weighted by molar-refractivity contribution is 7.89. The maximum atomic E-state index is 13.1. The molecule has 1 unspecified atom stereocenters. The molecular formula is C16H14FN3O3S. The molecule has 0 aliphatic carbocycles. The van der Waals surface area contributed by atoms with Gasteiger partial charge in [-0.3, -0.25) is 0 Å². The molecule has 1 aromatic heterocycles. The molecule has 1 atom stereocenters. The van der Waals surface area contributed by atoms with Crippen LogP contribution in [0.5, 0.6) is 5.88 Å². The lowest BCUT2D eigenvalue weighted by atomic mass is 10.2. The molecule has 6 nitrogen and oxygen atoms in total. The molecule has 0 amide bonds. The minimum absolute atomic E-state index is 0.0166. The third-order valence-corrected chi connectivity index (χ3v) is 5.63. The van der Waals surface area contributed by atoms with E-state index in [9.17, 15) is 12.8 Å². The molecule has 0 radical (unpaired) electrons. The maximum absolute atomic E-state index is 13.1. The zero-order valence-corrected chi connectivity index (χ0v) is 13.4. The predicted octanol–water partition coefficient (Wildman–Crippen LogP) is 1.93. The van der Waals surface area contributed by atoms with E-state index in [0.29, 0.717) is 6.42 Å². The van der Waals surface area contributed by atoms with Gasteiger partial charge in [0.2, 0.25) is 21.9 Å². The smallest absolute Gasteiger partial charge is 0.244 e. The zero-order chi connectivity index (χ0) is 17.2. The van der Waals surface area contributed by atoms with Gasteiger partial charge in [0, 0.05) is 12.6 Å². The number of sulfonamides is 1. The van der Waals surface area contributed by atoms with Gasteiger partial charge in [-0.1, -0.05) is 18.2 Å². The minimum atomic E-state index is -3.78. The molecule has 0 spiro atoms. The van der Waals surface area contributed by atoms with Gasteiger partial charge in [0.25, 0.3) is 0 Å². The summed E-state index contributed by atoms with van der Waals surface area (Å²) in [7, 11) is -3.78. The molecule has 3 rings (SSSR count). The third-order valence-electron chi connectivity index (χ3n) is 3.71. The Labute approximate surface area is 139 Å². The number of pyridine rings is 1. The van der Waals surface area contributed by atoms with E-state index in [-0.39, 0.29) is 29.4 Å². The first-order valence-electron chi connectivity index (χ1n) is 7.29. The Bertz CT molecular complexity index is 895. The van der Waals surface area contributed by atoms with E-state index in [1.807, 2.05) is 6.07 Å². The van der Waals surface area contributed by atoms with E-state index < -0.39 is 22.1 Å². The maximum Gasteiger partial charge on any atom is 0.244 e. The first kappa shape index (κ1) is 16.4. The van der Waals surface area contributed by atoms with E-state index in [4.69, 9.17) is 10.00 Å². The standard InChI is InChI=1S/C16H14FN3O3S/c17-15-6-3-7-16(19-15)23-13-8-9-20(11-13)24(21,22)14-5-2-1-4-12(14)10-18/h1-7,13H,8-9,11H2. The van der Waals surface area contributed by atoms with Crippen molar-refractivity contribution in [3.8, 4) is 11.9 Å². The van der Waals surface area contributed by atoms with Crippen molar-refractivity contribution in [3.63, 3.8) is 0 Å². The minimum Gasteiger partial charge on any atom is -0.473 e. The summed E-state index contributed by atoms with van der Waals surface area (Å²) in [6.07, 6.45) is 0.0508. The van der Waals surface area contributed by atoms with Crippen LogP contribution in [0.25, 0.3) is 0 Å². The van der Waals surface area contributed by atoms with Gasteiger partial charge in [-0.05, 0) is 24.6 Å². The summed E-state index contributed by atoms with van der Waals surface area (Å²) in [6.45, 7) is 0.391. The van der Waals surface area contributed by atoms with Crippen molar-refractivity contribution in [1.29, 1.82) is 5.26 Å². The molecule has 1 aliphatic rings. The second-order valence-corrected chi connectivity index (χ2v) is 7.20. The fourth-order valence-electron chi connectivity index (χ4n) is 2.56. The van der Waals surface area contributed by atoms with Gasteiger partial charge < -0.3 is 4.74 Å². The van der Waals surface area contributed by atoms with Crippen LogP contribution < -0.4 is 4.74 Å². The highest BCUT2D eigenvalue weighted by atomic mass is 32.2. The first-order chi connectivity index (χ1) is 11.5. The molecular weight excluding hydrogens is 333 g/mol. The Hall–Kier alpha value is -2.50. The molecule has 8 heteroatoms. The number of nitrogens with zero attached hydrogens (tertiary/aromatic N) is 3. The van der Waals surface area contributed by atoms with E-state index in [1.54, 1.807) is 12.1 Å². The Balaban J connectivity index is 1.76. The van der Waals surface area contributed by atoms with Crippen LogP contribution in [0.4, 0.5) is 4.39 Å². The molecule has 1 aromatic carbocycles. The Morgan fingerprint density at radius 2 is 2.04 bits per heavy atom. The number of nitriles is 1. The van der Waals surface area contributed by atoms with Crippen LogP contribution in [0.3, 0.4) is 0 Å². The molecule has 1 fully saturated rings. The monoisotopic (exact) mass is 347 g/mol. The number of hydrogen-bond donors (Lipinski definition) is 0. The van der Waals surface area contributed by atoms with E-state index in [1.165, 1.54) is 34.6 Å². The second kappa shape index (κ2) is 6.55. The van der Waals surface area contributed by atoms with Crippen LogP contribution in [0.15, 0.2) is 47.4 Å². The average Bonchev–Trinajstić information content (AvgIpc) is 3.04. The van der Waals surface area contributed by atoms with Crippen LogP contribution in [0.1, 0.15) is 12.0 Å². The van der Waals surface area contributed by atoms with Crippen LogP contribution in [-0.2, 0) is 10.0 Å². The van der Waals surface area contributed by atoms with Gasteiger partial charge in [0.1, 0.15) is 12.2 Å². The van der Waals surface area contributed by atoms with Crippen molar-refractivity contribution in [2.24, 2.45) is 0 Å². The zero-order valence-electron chi connectivity index (χ0n) is 12.6. The largest absolute Gasteiger partial charge is 0.473 e. The molecule has 24 heavy (non-hydrogen) atoms. The second-order valence-electron chi connectivity index (χ2n) is 5.30. The van der Waals surface area contributed by atoms with Crippen LogP contribution in [-0.4, -0.2) is 36.9 Å². The van der Waals surface area contributed by atoms with Gasteiger partial charge in [-0.25, -0.2) is 8.42 Å². The molecule has 1 aliphatic heterocycles. The highest BCUT2D eigenvalue weighted by Gasteiger charge is 2.35. The van der Waals surface area contributed by atoms with Crippen molar-refractivity contribution in [1.82, 2.24) is 9.29 Å². The number of benzene rings is 1. The summed E-state index contributed by atoms with van der Waals surface area (Å²) in [6, 6.07) is 12.2. The molecule has 2 aromatic rings. The quantitative estimate of drug-likeness (QED) is 0.789. The Morgan fingerprint density at radius 3 is 2.79 bits per heavy atom. The van der Waals surface area contributed by atoms with Gasteiger partial charge in [0.15, 0.2) is 0 Å². The van der Waals surface area contributed by atoms with Crippen molar-refractivity contribution in [3.05, 3.63) is 54.0 Å². The van der Waals surface area contributed by atoms with Gasteiger partial charge in [-0.2, -0.15) is 18.9 Å². The van der Waals surface area contributed by atoms with Crippen LogP contribution >= 0.6 is 0 Å². The predicted molar refractivity (Wildman–Crippen MR) is 83.1 cm³/mol. The van der Waals surface area contributed by atoms with Crippen molar-refractivity contribution < 1.29 is 17.5 Å². The lowest BCUT2D eigenvalue weighted by Crippen LogP contribution is -2.31. The fourth-order valence-corrected chi connectivity index (χ4v) is 4.19. The molecule has 1 saturated heterocycles. The summed E-state index contributed by atoms with van der Waals surface area (Å²) in [4.78, 5) is 3.59. The van der Waals surface area contributed by atoms with Crippen molar-refractivity contribution in [2.45, 2.75) is 17.4 Å². The van der Waals surface area contributed by atoms with Gasteiger partial charge in [0.05, 0.1) is 17.0 Å². The van der Waals surface area contributed by atoms with Gasteiger partial charge >= 0.3 is 0 Å². The summed E-state index contributed by atoms with van der Waals surface area (Å²) in [5.74, 6) is -0.533. The van der Waals surface area contributed by atoms with Crippen molar-refractivity contribution in [2.75, 3.05) is 13.1 Å². The summed E-state index contributed by atoms with van der Waals surface area (Å²) >= 11 is 0. The molecule has 0 N–H and O–H groups in total. The summed E-state index contributed by atoms with van der Waals surface area (Å²) in [5.41, 5.74) is 0.105. The number of rotatable bonds is 4. The third kappa shape index (κ3) is 3.22. The molecule has 0 saturated carbocycles. The summed E-state index contributed by atoms with van der Waals surface area (Å²) < 4.78 is 45.3. The number of halogens is 1. The number of aromatic nitrogens is 1. The topological polar surface area (TPSA) is 83.3 Å². The van der Waals surface area contributed by atoms with Gasteiger partial charge in [-0.15, -0.1) is 0 Å². The first-order valence-corrected chi connectivity index (χ1v) is 8.73. The molecule has 0 bridgehead atoms. The number of hydrogen-bond acceptors (Lipinski definition) is 5. The normalized spacial score (nSPS) is 18.2. The average molecular weight is 347 g/mol. The lowest BCUT2D eigenvalue weighted by Gasteiger charge is -2.17. The Kier molecular flexibility index (Phi) is 4.46. The highest BCUT2D eigenvalue weighted by Crippen LogP contribution is 2.25. The fraction of sp³-hybridized carbons (Fsp3) is 0.250. The van der Waals surface area contributed by atoms with Crippen LogP contribution in [0.2, 0.25) is 0 Å². The molecule has 2 heterocycles. The van der Waals surface area contributed by atoms with Crippen LogP contribution in [0, 0.1) is 17.3 Å².